The molecule has 1 fully saturated rings. The highest BCUT2D eigenvalue weighted by Crippen LogP contribution is 2.25. The third-order valence-electron chi connectivity index (χ3n) is 2.66. The molecule has 0 atom stereocenters. The summed E-state index contributed by atoms with van der Waals surface area (Å²) in [7, 11) is 2.03. The summed E-state index contributed by atoms with van der Waals surface area (Å²) in [6, 6.07) is 10.2. The topological polar surface area (TPSA) is 20.3 Å². The fourth-order valence-corrected chi connectivity index (χ4v) is 1.59. The SMILES string of the molecule is CN(CC(=O)c1ccccc1)C1CC1. The van der Waals surface area contributed by atoms with E-state index in [0.29, 0.717) is 12.6 Å². The second kappa shape index (κ2) is 3.93. The fourth-order valence-electron chi connectivity index (χ4n) is 1.59. The molecule has 0 aromatic heterocycles. The molecule has 74 valence electrons. The van der Waals surface area contributed by atoms with Crippen LogP contribution in [0.1, 0.15) is 23.2 Å². The predicted molar refractivity (Wildman–Crippen MR) is 56.4 cm³/mol. The van der Waals surface area contributed by atoms with Crippen LogP contribution < -0.4 is 0 Å². The van der Waals surface area contributed by atoms with E-state index in [2.05, 4.69) is 4.90 Å². The summed E-state index contributed by atoms with van der Waals surface area (Å²) in [4.78, 5) is 13.9. The van der Waals surface area contributed by atoms with E-state index in [1.165, 1.54) is 12.8 Å². The minimum absolute atomic E-state index is 0.222. The number of benzene rings is 1. The van der Waals surface area contributed by atoms with Crippen molar-refractivity contribution in [1.82, 2.24) is 4.90 Å². The van der Waals surface area contributed by atoms with Crippen molar-refractivity contribution in [2.45, 2.75) is 18.9 Å². The van der Waals surface area contributed by atoms with E-state index in [1.54, 1.807) is 0 Å². The number of hydrogen-bond donors (Lipinski definition) is 0. The Morgan fingerprint density at radius 3 is 2.57 bits per heavy atom. The van der Waals surface area contributed by atoms with E-state index in [1.807, 2.05) is 37.4 Å². The highest BCUT2D eigenvalue weighted by Gasteiger charge is 2.27. The van der Waals surface area contributed by atoms with Crippen molar-refractivity contribution in [1.29, 1.82) is 0 Å². The molecule has 0 saturated heterocycles. The van der Waals surface area contributed by atoms with Gasteiger partial charge in [0.1, 0.15) is 0 Å². The molecule has 0 N–H and O–H groups in total. The third-order valence-corrected chi connectivity index (χ3v) is 2.66. The number of Topliss-reactive ketones (excluding diaryl/α,β-unsaturated/α-hetero) is 1. The van der Waals surface area contributed by atoms with Gasteiger partial charge in [-0.3, -0.25) is 9.69 Å². The maximum absolute atomic E-state index is 11.7. The van der Waals surface area contributed by atoms with Crippen LogP contribution in [0.5, 0.6) is 0 Å². The van der Waals surface area contributed by atoms with Crippen molar-refractivity contribution in [2.24, 2.45) is 0 Å². The van der Waals surface area contributed by atoms with E-state index >= 15 is 0 Å². The number of nitrogens with zero attached hydrogens (tertiary/aromatic N) is 1. The smallest absolute Gasteiger partial charge is 0.176 e. The Morgan fingerprint density at radius 2 is 2.00 bits per heavy atom. The Balaban J connectivity index is 1.95. The first-order valence-electron chi connectivity index (χ1n) is 5.06. The molecule has 1 aliphatic carbocycles. The van der Waals surface area contributed by atoms with Crippen molar-refractivity contribution in [3.8, 4) is 0 Å². The lowest BCUT2D eigenvalue weighted by Crippen LogP contribution is -2.27. The van der Waals surface area contributed by atoms with Crippen LogP contribution in [0.15, 0.2) is 30.3 Å². The van der Waals surface area contributed by atoms with Crippen LogP contribution in [-0.4, -0.2) is 30.3 Å². The Kier molecular flexibility index (Phi) is 2.64. The molecule has 2 rings (SSSR count). The minimum Gasteiger partial charge on any atom is -0.296 e. The molecule has 2 nitrogen and oxygen atoms in total. The molecule has 14 heavy (non-hydrogen) atoms. The molecule has 1 saturated carbocycles. The number of carbonyl (C=O) groups excluding carboxylic acids is 1. The van der Waals surface area contributed by atoms with Gasteiger partial charge in [0.05, 0.1) is 6.54 Å². The van der Waals surface area contributed by atoms with Crippen molar-refractivity contribution >= 4 is 5.78 Å². The van der Waals surface area contributed by atoms with Gasteiger partial charge in [-0.1, -0.05) is 30.3 Å². The summed E-state index contributed by atoms with van der Waals surface area (Å²) < 4.78 is 0. The summed E-state index contributed by atoms with van der Waals surface area (Å²) >= 11 is 0. The molecule has 0 amide bonds. The fraction of sp³-hybridized carbons (Fsp3) is 0.417. The first-order valence-corrected chi connectivity index (χ1v) is 5.06. The van der Waals surface area contributed by atoms with Gasteiger partial charge in [-0.15, -0.1) is 0 Å². The van der Waals surface area contributed by atoms with Gasteiger partial charge in [-0.25, -0.2) is 0 Å². The molecular formula is C12H15NO. The van der Waals surface area contributed by atoms with Gasteiger partial charge in [0, 0.05) is 11.6 Å². The predicted octanol–water partition coefficient (Wildman–Crippen LogP) is 1.96. The number of hydrogen-bond acceptors (Lipinski definition) is 2. The van der Waals surface area contributed by atoms with Crippen LogP contribution in [0.2, 0.25) is 0 Å². The molecule has 1 aromatic rings. The van der Waals surface area contributed by atoms with E-state index in [-0.39, 0.29) is 5.78 Å². The van der Waals surface area contributed by atoms with Gasteiger partial charge in [-0.2, -0.15) is 0 Å². The monoisotopic (exact) mass is 189 g/mol. The zero-order valence-electron chi connectivity index (χ0n) is 8.44. The molecule has 2 heteroatoms. The zero-order chi connectivity index (χ0) is 9.97. The highest BCUT2D eigenvalue weighted by atomic mass is 16.1. The van der Waals surface area contributed by atoms with Gasteiger partial charge in [0.25, 0.3) is 0 Å². The standard InChI is InChI=1S/C12H15NO/c1-13(11-7-8-11)9-12(14)10-5-3-2-4-6-10/h2-6,11H,7-9H2,1H3. The van der Waals surface area contributed by atoms with E-state index < -0.39 is 0 Å². The van der Waals surface area contributed by atoms with Crippen molar-refractivity contribution in [2.75, 3.05) is 13.6 Å². The third kappa shape index (κ3) is 2.20. The molecule has 0 unspecified atom stereocenters. The molecular weight excluding hydrogens is 174 g/mol. The summed E-state index contributed by atoms with van der Waals surface area (Å²) in [5.74, 6) is 0.222. The van der Waals surface area contributed by atoms with Crippen molar-refractivity contribution in [3.63, 3.8) is 0 Å². The largest absolute Gasteiger partial charge is 0.296 e. The molecule has 1 aliphatic rings. The van der Waals surface area contributed by atoms with E-state index in [4.69, 9.17) is 0 Å². The second-order valence-electron chi connectivity index (χ2n) is 3.94. The van der Waals surface area contributed by atoms with Crippen LogP contribution in [0.25, 0.3) is 0 Å². The molecule has 0 radical (unpaired) electrons. The second-order valence-corrected chi connectivity index (χ2v) is 3.94. The summed E-state index contributed by atoms with van der Waals surface area (Å²) in [5, 5.41) is 0. The minimum atomic E-state index is 0.222. The molecule has 0 aliphatic heterocycles. The summed E-state index contributed by atoms with van der Waals surface area (Å²) in [6.45, 7) is 0.550. The number of carbonyl (C=O) groups is 1. The van der Waals surface area contributed by atoms with Gasteiger partial charge < -0.3 is 0 Å². The summed E-state index contributed by atoms with van der Waals surface area (Å²) in [5.41, 5.74) is 0.819. The molecule has 0 bridgehead atoms. The van der Waals surface area contributed by atoms with Crippen LogP contribution >= 0.6 is 0 Å². The maximum Gasteiger partial charge on any atom is 0.176 e. The maximum atomic E-state index is 11.7. The van der Waals surface area contributed by atoms with E-state index in [9.17, 15) is 4.79 Å². The van der Waals surface area contributed by atoms with Gasteiger partial charge in [-0.05, 0) is 19.9 Å². The lowest BCUT2D eigenvalue weighted by molar-refractivity contribution is 0.0942. The van der Waals surface area contributed by atoms with Crippen LogP contribution in [0, 0.1) is 0 Å². The first-order chi connectivity index (χ1) is 6.77. The normalized spacial score (nSPS) is 15.9. The number of ketones is 1. The van der Waals surface area contributed by atoms with Gasteiger partial charge in [0.15, 0.2) is 5.78 Å². The zero-order valence-corrected chi connectivity index (χ0v) is 8.44. The average molecular weight is 189 g/mol. The average Bonchev–Trinajstić information content (AvgIpc) is 3.02. The van der Waals surface area contributed by atoms with Crippen LogP contribution in [-0.2, 0) is 0 Å². The quantitative estimate of drug-likeness (QED) is 0.675. The lowest BCUT2D eigenvalue weighted by Gasteiger charge is -2.13. The Morgan fingerprint density at radius 1 is 1.36 bits per heavy atom. The molecule has 1 aromatic carbocycles. The lowest BCUT2D eigenvalue weighted by atomic mass is 10.1. The van der Waals surface area contributed by atoms with Crippen LogP contribution in [0.3, 0.4) is 0 Å². The van der Waals surface area contributed by atoms with Crippen LogP contribution in [0.4, 0.5) is 0 Å². The summed E-state index contributed by atoms with van der Waals surface area (Å²) in [6.07, 6.45) is 2.50. The highest BCUT2D eigenvalue weighted by molar-refractivity contribution is 5.97. The van der Waals surface area contributed by atoms with Crippen molar-refractivity contribution < 1.29 is 4.79 Å². The van der Waals surface area contributed by atoms with Crippen molar-refractivity contribution in [3.05, 3.63) is 35.9 Å². The molecule has 0 heterocycles. The van der Waals surface area contributed by atoms with Gasteiger partial charge in [0.2, 0.25) is 0 Å². The Hall–Kier alpha value is -1.15. The van der Waals surface area contributed by atoms with Gasteiger partial charge >= 0.3 is 0 Å². The Bertz CT molecular complexity index is 316. The number of rotatable bonds is 4. The van der Waals surface area contributed by atoms with E-state index in [0.717, 1.165) is 5.56 Å². The molecule has 0 spiro atoms. The number of likely N-dealkylation sites (N-methyl/N-ethyl adjacent to an activating group) is 1. The first kappa shape index (κ1) is 9.41. The Labute approximate surface area is 84.5 Å².